The van der Waals surface area contributed by atoms with Crippen molar-refractivity contribution in [1.29, 1.82) is 0 Å². The molecule has 1 aliphatic heterocycles. The van der Waals surface area contributed by atoms with Crippen LogP contribution >= 0.6 is 0 Å². The van der Waals surface area contributed by atoms with Crippen LogP contribution in [0.25, 0.3) is 0 Å². The van der Waals surface area contributed by atoms with Crippen molar-refractivity contribution < 1.29 is 13.6 Å². The molecule has 1 aliphatic rings. The van der Waals surface area contributed by atoms with Gasteiger partial charge in [-0.15, -0.1) is 0 Å². The molecule has 0 unspecified atom stereocenters. The summed E-state index contributed by atoms with van der Waals surface area (Å²) in [6.45, 7) is 2.73. The number of nitrogens with zero attached hydrogens (tertiary/aromatic N) is 4. The van der Waals surface area contributed by atoms with Crippen LogP contribution in [0.3, 0.4) is 0 Å². The molecule has 0 radical (unpaired) electrons. The van der Waals surface area contributed by atoms with Crippen LogP contribution in [0.1, 0.15) is 10.4 Å². The Bertz CT molecular complexity index is 1070. The van der Waals surface area contributed by atoms with E-state index < -0.39 is 11.7 Å². The normalized spacial score (nSPS) is 13.7. The SMILES string of the molecule is Nc1c(NNC(=O)c2ccccc2F)ncnc1N1CCN(c2ccc(F)cc2)CC1. The Kier molecular flexibility index (Phi) is 5.78. The number of hydrogen-bond acceptors (Lipinski definition) is 7. The fraction of sp³-hybridized carbons (Fsp3) is 0.190. The number of carbonyl (C=O) groups excluding carboxylic acids is 1. The molecule has 4 N–H and O–H groups in total. The summed E-state index contributed by atoms with van der Waals surface area (Å²) in [5.74, 6) is -0.784. The number of nitrogens with one attached hydrogen (secondary N) is 2. The van der Waals surface area contributed by atoms with Crippen molar-refractivity contribution in [3.05, 3.63) is 72.1 Å². The number of piperazine rings is 1. The third-order valence-corrected chi connectivity index (χ3v) is 5.05. The topological polar surface area (TPSA) is 99.4 Å². The third-order valence-electron chi connectivity index (χ3n) is 5.05. The maximum atomic E-state index is 13.8. The van der Waals surface area contributed by atoms with Crippen LogP contribution in [-0.4, -0.2) is 42.1 Å². The molecule has 0 saturated carbocycles. The summed E-state index contributed by atoms with van der Waals surface area (Å²) < 4.78 is 26.9. The molecular weight excluding hydrogens is 404 g/mol. The van der Waals surface area contributed by atoms with Crippen molar-refractivity contribution in [3.8, 4) is 0 Å². The summed E-state index contributed by atoms with van der Waals surface area (Å²) in [6.07, 6.45) is 1.34. The van der Waals surface area contributed by atoms with E-state index in [1.807, 2.05) is 4.90 Å². The third kappa shape index (κ3) is 4.47. The van der Waals surface area contributed by atoms with Crippen molar-refractivity contribution in [2.75, 3.05) is 47.1 Å². The van der Waals surface area contributed by atoms with Gasteiger partial charge in [-0.3, -0.25) is 15.6 Å². The Morgan fingerprint density at radius 3 is 2.32 bits per heavy atom. The van der Waals surface area contributed by atoms with E-state index in [4.69, 9.17) is 5.73 Å². The van der Waals surface area contributed by atoms with Gasteiger partial charge in [-0.2, -0.15) is 0 Å². The molecule has 1 fully saturated rings. The first-order valence-corrected chi connectivity index (χ1v) is 9.70. The Labute approximate surface area is 177 Å². The smallest absolute Gasteiger partial charge is 0.272 e. The minimum atomic E-state index is -0.648. The molecule has 160 valence electrons. The second kappa shape index (κ2) is 8.82. The number of amides is 1. The first kappa shape index (κ1) is 20.3. The van der Waals surface area contributed by atoms with E-state index >= 15 is 0 Å². The highest BCUT2D eigenvalue weighted by molar-refractivity contribution is 5.95. The molecule has 1 saturated heterocycles. The number of nitrogen functional groups attached to an aromatic ring is 1. The van der Waals surface area contributed by atoms with Crippen LogP contribution in [0.4, 0.5) is 31.8 Å². The van der Waals surface area contributed by atoms with E-state index in [2.05, 4.69) is 25.7 Å². The van der Waals surface area contributed by atoms with Crippen LogP contribution in [0.2, 0.25) is 0 Å². The quantitative estimate of drug-likeness (QED) is 0.540. The molecule has 2 heterocycles. The zero-order valence-corrected chi connectivity index (χ0v) is 16.6. The Hall–Kier alpha value is -3.95. The average molecular weight is 425 g/mol. The molecule has 0 spiro atoms. The number of nitrogens with two attached hydrogens (primary N) is 1. The van der Waals surface area contributed by atoms with Gasteiger partial charge in [0.2, 0.25) is 0 Å². The molecule has 1 amide bonds. The lowest BCUT2D eigenvalue weighted by molar-refractivity contribution is 0.0958. The number of halogens is 2. The first-order chi connectivity index (χ1) is 15.0. The second-order valence-electron chi connectivity index (χ2n) is 6.97. The zero-order chi connectivity index (χ0) is 21.8. The molecule has 4 rings (SSSR count). The van der Waals surface area contributed by atoms with Gasteiger partial charge in [0.25, 0.3) is 5.91 Å². The number of carbonyl (C=O) groups is 1. The summed E-state index contributed by atoms with van der Waals surface area (Å²) in [5, 5.41) is 0. The maximum Gasteiger partial charge on any atom is 0.272 e. The fourth-order valence-corrected chi connectivity index (χ4v) is 3.39. The minimum absolute atomic E-state index is 0.0974. The number of benzene rings is 2. The Balaban J connectivity index is 1.40. The average Bonchev–Trinajstić information content (AvgIpc) is 2.79. The summed E-state index contributed by atoms with van der Waals surface area (Å²) >= 11 is 0. The molecule has 2 aromatic carbocycles. The molecule has 1 aromatic heterocycles. The van der Waals surface area contributed by atoms with Gasteiger partial charge < -0.3 is 15.5 Å². The summed E-state index contributed by atoms with van der Waals surface area (Å²) in [6, 6.07) is 12.0. The fourth-order valence-electron chi connectivity index (χ4n) is 3.39. The molecular formula is C21H21F2N7O. The largest absolute Gasteiger partial charge is 0.393 e. The van der Waals surface area contributed by atoms with Gasteiger partial charge in [0.15, 0.2) is 11.6 Å². The van der Waals surface area contributed by atoms with E-state index in [9.17, 15) is 13.6 Å². The lowest BCUT2D eigenvalue weighted by Crippen LogP contribution is -2.47. The molecule has 0 atom stereocenters. The zero-order valence-electron chi connectivity index (χ0n) is 16.6. The number of aromatic nitrogens is 2. The second-order valence-corrected chi connectivity index (χ2v) is 6.97. The van der Waals surface area contributed by atoms with Gasteiger partial charge in [0.05, 0.1) is 5.56 Å². The van der Waals surface area contributed by atoms with Crippen LogP contribution < -0.4 is 26.4 Å². The van der Waals surface area contributed by atoms with E-state index in [0.29, 0.717) is 32.0 Å². The number of rotatable bonds is 5. The predicted octanol–water partition coefficient (Wildman–Crippen LogP) is 2.42. The van der Waals surface area contributed by atoms with Crippen LogP contribution in [-0.2, 0) is 0 Å². The van der Waals surface area contributed by atoms with Crippen molar-refractivity contribution in [3.63, 3.8) is 0 Å². The summed E-state index contributed by atoms with van der Waals surface area (Å²) in [5.41, 5.74) is 12.4. The van der Waals surface area contributed by atoms with Crippen molar-refractivity contribution in [1.82, 2.24) is 15.4 Å². The van der Waals surface area contributed by atoms with E-state index in [1.165, 1.54) is 36.7 Å². The standard InChI is InChI=1S/C21H21F2N7O/c22-14-5-7-15(8-6-14)29-9-11-30(12-10-29)20-18(24)19(25-13-26-20)27-28-21(31)16-3-1-2-4-17(16)23/h1-8,13H,9-12,24H2,(H,28,31)(H,25,26,27). The van der Waals surface area contributed by atoms with Crippen molar-refractivity contribution >= 4 is 28.9 Å². The highest BCUT2D eigenvalue weighted by Crippen LogP contribution is 2.27. The van der Waals surface area contributed by atoms with Crippen molar-refractivity contribution in [2.45, 2.75) is 0 Å². The Morgan fingerprint density at radius 1 is 0.935 bits per heavy atom. The highest BCUT2D eigenvalue weighted by atomic mass is 19.1. The van der Waals surface area contributed by atoms with Crippen molar-refractivity contribution in [2.24, 2.45) is 0 Å². The van der Waals surface area contributed by atoms with E-state index in [0.717, 1.165) is 5.69 Å². The van der Waals surface area contributed by atoms with Crippen LogP contribution in [0, 0.1) is 11.6 Å². The van der Waals surface area contributed by atoms with Gasteiger partial charge >= 0.3 is 0 Å². The number of hydrazine groups is 1. The van der Waals surface area contributed by atoms with Gasteiger partial charge in [0.1, 0.15) is 23.6 Å². The molecule has 0 bridgehead atoms. The van der Waals surface area contributed by atoms with E-state index in [-0.39, 0.29) is 22.9 Å². The molecule has 10 heteroatoms. The summed E-state index contributed by atoms with van der Waals surface area (Å²) in [7, 11) is 0. The van der Waals surface area contributed by atoms with Crippen LogP contribution in [0.15, 0.2) is 54.9 Å². The lowest BCUT2D eigenvalue weighted by atomic mass is 10.2. The minimum Gasteiger partial charge on any atom is -0.393 e. The van der Waals surface area contributed by atoms with Gasteiger partial charge in [-0.25, -0.2) is 18.7 Å². The van der Waals surface area contributed by atoms with Gasteiger partial charge in [-0.1, -0.05) is 12.1 Å². The molecule has 3 aromatic rings. The monoisotopic (exact) mass is 425 g/mol. The molecule has 8 nitrogen and oxygen atoms in total. The lowest BCUT2D eigenvalue weighted by Gasteiger charge is -2.37. The predicted molar refractivity (Wildman–Crippen MR) is 115 cm³/mol. The number of anilines is 4. The first-order valence-electron chi connectivity index (χ1n) is 9.70. The highest BCUT2D eigenvalue weighted by Gasteiger charge is 2.22. The van der Waals surface area contributed by atoms with E-state index in [1.54, 1.807) is 18.2 Å². The molecule has 31 heavy (non-hydrogen) atoms. The van der Waals surface area contributed by atoms with Crippen LogP contribution in [0.5, 0.6) is 0 Å². The maximum absolute atomic E-state index is 13.8. The number of hydrogen-bond donors (Lipinski definition) is 3. The van der Waals surface area contributed by atoms with Gasteiger partial charge in [-0.05, 0) is 36.4 Å². The Morgan fingerprint density at radius 2 is 1.61 bits per heavy atom. The van der Waals surface area contributed by atoms with Gasteiger partial charge in [0, 0.05) is 31.9 Å². The summed E-state index contributed by atoms with van der Waals surface area (Å²) in [4.78, 5) is 24.7. The molecule has 0 aliphatic carbocycles.